The van der Waals surface area contributed by atoms with E-state index < -0.39 is 12.1 Å². The number of thioether (sulfide) groups is 2. The van der Waals surface area contributed by atoms with Gasteiger partial charge in [-0.25, -0.2) is 15.0 Å². The summed E-state index contributed by atoms with van der Waals surface area (Å²) in [7, 11) is 1.31. The van der Waals surface area contributed by atoms with Gasteiger partial charge in [-0.15, -0.1) is 0 Å². The van der Waals surface area contributed by atoms with Gasteiger partial charge in [-0.1, -0.05) is 53.9 Å². The lowest BCUT2D eigenvalue weighted by molar-refractivity contribution is -0.135. The molecule has 0 aromatic heterocycles. The van der Waals surface area contributed by atoms with Gasteiger partial charge < -0.3 is 9.47 Å². The summed E-state index contributed by atoms with van der Waals surface area (Å²) in [5.74, 6) is 0.400. The van der Waals surface area contributed by atoms with E-state index in [1.807, 2.05) is 30.3 Å². The molecule has 2 N–H and O–H groups in total. The van der Waals surface area contributed by atoms with Gasteiger partial charge in [-0.3, -0.25) is 10.4 Å². The second-order valence-electron chi connectivity index (χ2n) is 4.86. The molecule has 1 amide bonds. The fourth-order valence-electron chi connectivity index (χ4n) is 1.79. The van der Waals surface area contributed by atoms with Gasteiger partial charge in [0.2, 0.25) is 0 Å². The number of nitrogens with one attached hydrogen (secondary N) is 2. The number of carbonyl (C=O) groups is 2. The standard InChI is InChI=1S/C16H19N3O4S2/c1-11(13(14(20)22-2)25-16-17-8-9-24-16)18-19-15(21)23-10-12-6-4-3-5-7-12/h3-7,18H,8-10H2,1-2H3,(H,19,21)/b13-11+. The molecule has 0 saturated heterocycles. The molecule has 1 aromatic carbocycles. The van der Waals surface area contributed by atoms with Crippen molar-refractivity contribution in [1.29, 1.82) is 0 Å². The quantitative estimate of drug-likeness (QED) is 0.445. The van der Waals surface area contributed by atoms with Gasteiger partial charge in [0.05, 0.1) is 13.7 Å². The zero-order valence-corrected chi connectivity index (χ0v) is 15.5. The lowest BCUT2D eigenvalue weighted by Crippen LogP contribution is -2.37. The van der Waals surface area contributed by atoms with Crippen LogP contribution in [0, 0.1) is 0 Å². The van der Waals surface area contributed by atoms with Crippen LogP contribution in [0.25, 0.3) is 0 Å². The van der Waals surface area contributed by atoms with E-state index in [0.29, 0.717) is 10.6 Å². The third-order valence-corrected chi connectivity index (χ3v) is 5.37. The molecular weight excluding hydrogens is 362 g/mol. The van der Waals surface area contributed by atoms with Crippen molar-refractivity contribution in [3.05, 3.63) is 46.5 Å². The molecule has 7 nitrogen and oxygen atoms in total. The number of rotatable bonds is 6. The molecular formula is C16H19N3O4S2. The molecule has 1 aliphatic rings. The van der Waals surface area contributed by atoms with Crippen LogP contribution in [0.5, 0.6) is 0 Å². The number of esters is 1. The van der Waals surface area contributed by atoms with Crippen LogP contribution in [0.4, 0.5) is 4.79 Å². The fraction of sp³-hybridized carbons (Fsp3) is 0.312. The molecule has 0 saturated carbocycles. The molecule has 9 heteroatoms. The Kier molecular flexibility index (Phi) is 7.68. The van der Waals surface area contributed by atoms with Crippen molar-refractivity contribution in [2.24, 2.45) is 4.99 Å². The average molecular weight is 381 g/mol. The summed E-state index contributed by atoms with van der Waals surface area (Å²) >= 11 is 2.80. The van der Waals surface area contributed by atoms with Gasteiger partial charge in [0.15, 0.2) is 0 Å². The summed E-state index contributed by atoms with van der Waals surface area (Å²) in [6.07, 6.45) is -0.648. The normalized spacial score (nSPS) is 14.2. The van der Waals surface area contributed by atoms with Crippen LogP contribution in [0.15, 0.2) is 45.9 Å². The smallest absolute Gasteiger partial charge is 0.426 e. The van der Waals surface area contributed by atoms with E-state index in [2.05, 4.69) is 15.8 Å². The minimum absolute atomic E-state index is 0.156. The third kappa shape index (κ3) is 6.35. The SMILES string of the molecule is COC(=O)/C(SC1=NCCS1)=C(/C)NNC(=O)OCc1ccccc1. The van der Waals surface area contributed by atoms with Crippen molar-refractivity contribution in [2.45, 2.75) is 13.5 Å². The maximum Gasteiger partial charge on any atom is 0.426 e. The first-order chi connectivity index (χ1) is 12.1. The fourth-order valence-corrected chi connectivity index (χ4v) is 3.77. The molecule has 25 heavy (non-hydrogen) atoms. The van der Waals surface area contributed by atoms with Crippen LogP contribution in [-0.2, 0) is 20.9 Å². The third-order valence-electron chi connectivity index (χ3n) is 3.02. The Hall–Kier alpha value is -2.13. The number of ether oxygens (including phenoxy) is 2. The number of nitrogens with zero attached hydrogens (tertiary/aromatic N) is 1. The van der Waals surface area contributed by atoms with E-state index in [0.717, 1.165) is 22.2 Å². The van der Waals surface area contributed by atoms with E-state index in [9.17, 15) is 9.59 Å². The molecule has 1 aromatic rings. The van der Waals surface area contributed by atoms with Crippen molar-refractivity contribution >= 4 is 40.0 Å². The molecule has 134 valence electrons. The van der Waals surface area contributed by atoms with Crippen LogP contribution in [0.3, 0.4) is 0 Å². The molecule has 0 atom stereocenters. The van der Waals surface area contributed by atoms with Crippen molar-refractivity contribution in [3.63, 3.8) is 0 Å². The highest BCUT2D eigenvalue weighted by Crippen LogP contribution is 2.30. The second-order valence-corrected chi connectivity index (χ2v) is 7.20. The lowest BCUT2D eigenvalue weighted by atomic mass is 10.2. The monoisotopic (exact) mass is 381 g/mol. The van der Waals surface area contributed by atoms with Crippen molar-refractivity contribution in [1.82, 2.24) is 10.9 Å². The van der Waals surface area contributed by atoms with Crippen LogP contribution in [0.2, 0.25) is 0 Å². The Bertz CT molecular complexity index is 677. The first kappa shape index (κ1) is 19.2. The second kappa shape index (κ2) is 10.00. The number of hydrogen-bond donors (Lipinski definition) is 2. The minimum atomic E-state index is -0.648. The van der Waals surface area contributed by atoms with Crippen LogP contribution in [-0.4, -0.2) is 35.8 Å². The van der Waals surface area contributed by atoms with Gasteiger partial charge in [0, 0.05) is 11.4 Å². The number of methoxy groups -OCH3 is 1. The molecule has 0 aliphatic carbocycles. The number of amides is 1. The molecule has 0 fully saturated rings. The van der Waals surface area contributed by atoms with Crippen molar-refractivity contribution in [2.75, 3.05) is 19.4 Å². The topological polar surface area (TPSA) is 89.0 Å². The Balaban J connectivity index is 1.89. The Morgan fingerprint density at radius 3 is 2.68 bits per heavy atom. The summed E-state index contributed by atoms with van der Waals surface area (Å²) in [6.45, 7) is 2.55. The van der Waals surface area contributed by atoms with Crippen molar-refractivity contribution < 1.29 is 19.1 Å². The molecule has 0 bridgehead atoms. The molecule has 1 aliphatic heterocycles. The minimum Gasteiger partial charge on any atom is -0.465 e. The Morgan fingerprint density at radius 2 is 2.04 bits per heavy atom. The van der Waals surface area contributed by atoms with E-state index in [4.69, 9.17) is 9.47 Å². The lowest BCUT2D eigenvalue weighted by Gasteiger charge is -2.13. The number of hydrazine groups is 1. The van der Waals surface area contributed by atoms with Crippen molar-refractivity contribution in [3.8, 4) is 0 Å². The number of allylic oxidation sites excluding steroid dienone is 1. The predicted molar refractivity (Wildman–Crippen MR) is 100.0 cm³/mol. The average Bonchev–Trinajstić information content (AvgIpc) is 3.16. The van der Waals surface area contributed by atoms with E-state index in [-0.39, 0.29) is 6.61 Å². The van der Waals surface area contributed by atoms with Gasteiger partial charge in [-0.2, -0.15) is 0 Å². The van der Waals surface area contributed by atoms with Crippen LogP contribution in [0.1, 0.15) is 12.5 Å². The Morgan fingerprint density at radius 1 is 1.28 bits per heavy atom. The van der Waals surface area contributed by atoms with E-state index in [1.54, 1.807) is 18.7 Å². The summed E-state index contributed by atoms with van der Waals surface area (Å²) in [6, 6.07) is 9.34. The largest absolute Gasteiger partial charge is 0.465 e. The number of hydrogen-bond acceptors (Lipinski definition) is 8. The molecule has 0 radical (unpaired) electrons. The maximum absolute atomic E-state index is 11.9. The van der Waals surface area contributed by atoms with Gasteiger partial charge in [0.1, 0.15) is 15.9 Å². The zero-order chi connectivity index (χ0) is 18.1. The van der Waals surface area contributed by atoms with Crippen LogP contribution >= 0.6 is 23.5 Å². The van der Waals surface area contributed by atoms with E-state index in [1.165, 1.54) is 18.9 Å². The first-order valence-electron chi connectivity index (χ1n) is 7.47. The summed E-state index contributed by atoms with van der Waals surface area (Å²) < 4.78 is 10.7. The molecule has 2 rings (SSSR count). The number of carbonyl (C=O) groups excluding carboxylic acids is 2. The highest BCUT2D eigenvalue weighted by Gasteiger charge is 2.20. The van der Waals surface area contributed by atoms with E-state index >= 15 is 0 Å². The first-order valence-corrected chi connectivity index (χ1v) is 9.27. The van der Waals surface area contributed by atoms with Gasteiger partial charge >= 0.3 is 12.1 Å². The Labute approximate surface area is 154 Å². The predicted octanol–water partition coefficient (Wildman–Crippen LogP) is 2.66. The maximum atomic E-state index is 11.9. The summed E-state index contributed by atoms with van der Waals surface area (Å²) in [5, 5.41) is 0. The van der Waals surface area contributed by atoms with Crippen LogP contribution < -0.4 is 10.9 Å². The highest BCUT2D eigenvalue weighted by molar-refractivity contribution is 8.40. The van der Waals surface area contributed by atoms with Gasteiger partial charge in [-0.05, 0) is 12.5 Å². The van der Waals surface area contributed by atoms with Gasteiger partial charge in [0.25, 0.3) is 0 Å². The highest BCUT2D eigenvalue weighted by atomic mass is 32.2. The molecule has 0 unspecified atom stereocenters. The molecule has 0 spiro atoms. The molecule has 1 heterocycles. The zero-order valence-electron chi connectivity index (χ0n) is 13.9. The summed E-state index contributed by atoms with van der Waals surface area (Å²) in [5.41, 5.74) is 6.41. The summed E-state index contributed by atoms with van der Waals surface area (Å²) in [4.78, 5) is 28.3. The number of aliphatic imine (C=N–C) groups is 1. The number of benzene rings is 1.